The fourth-order valence-electron chi connectivity index (χ4n) is 12.0. The first-order valence-electron chi connectivity index (χ1n) is 25.4. The molecule has 4 atom stereocenters. The van der Waals surface area contributed by atoms with Gasteiger partial charge in [0.25, 0.3) is 0 Å². The molecule has 1 saturated heterocycles. The van der Waals surface area contributed by atoms with E-state index in [2.05, 4.69) is 188 Å². The molecule has 4 aliphatic rings. The Labute approximate surface area is 448 Å². The maximum Gasteiger partial charge on any atom is 3.00 e. The molecule has 1 unspecified atom stereocenters. The molecule has 7 heteroatoms. The summed E-state index contributed by atoms with van der Waals surface area (Å²) in [5.74, 6) is 1.07. The van der Waals surface area contributed by atoms with Gasteiger partial charge in [0.15, 0.2) is 0 Å². The number of aromatic nitrogens is 3. The quantitative estimate of drug-likeness (QED) is 0.101. The molecule has 0 spiro atoms. The van der Waals surface area contributed by atoms with Crippen molar-refractivity contribution < 1.29 is 29.4 Å². The Balaban J connectivity index is 0.00000556. The monoisotopic (exact) mass is 1130 g/mol. The maximum atomic E-state index is 7.20. The van der Waals surface area contributed by atoms with Gasteiger partial charge in [-0.3, -0.25) is 0 Å². The number of pyridine rings is 3. The molecule has 4 fully saturated rings. The second kappa shape index (κ2) is 19.5. The summed E-state index contributed by atoms with van der Waals surface area (Å²) in [5.41, 5.74) is 19.4. The summed E-state index contributed by atoms with van der Waals surface area (Å²) < 4.78 is 14.4. The van der Waals surface area contributed by atoms with Crippen LogP contribution < -0.4 is 5.46 Å². The molecule has 3 aliphatic carbocycles. The predicted molar refractivity (Wildman–Crippen MR) is 295 cm³/mol. The van der Waals surface area contributed by atoms with Crippen molar-refractivity contribution in [2.24, 2.45) is 17.3 Å². The number of nitrogens with zero attached hydrogens (tertiary/aromatic N) is 3. The fraction of sp³-hybridized carbons (Fsp3) is 0.149. The van der Waals surface area contributed by atoms with Crippen molar-refractivity contribution in [3.05, 3.63) is 231 Å². The number of rotatable bonds is 10. The van der Waals surface area contributed by atoms with Gasteiger partial charge < -0.3 is 24.3 Å². The third-order valence-electron chi connectivity index (χ3n) is 16.1. The van der Waals surface area contributed by atoms with Crippen LogP contribution in [0.2, 0.25) is 0 Å². The van der Waals surface area contributed by atoms with Crippen molar-refractivity contribution in [1.82, 2.24) is 15.0 Å². The van der Waals surface area contributed by atoms with E-state index in [0.717, 1.165) is 112 Å². The van der Waals surface area contributed by atoms with Crippen LogP contribution in [0.25, 0.3) is 101 Å². The van der Waals surface area contributed by atoms with E-state index >= 15 is 0 Å². The van der Waals surface area contributed by atoms with Gasteiger partial charge in [-0.2, -0.15) is 0 Å². The molecular weight excluding hydrogens is 1080 g/mol. The molecule has 0 radical (unpaired) electrons. The summed E-state index contributed by atoms with van der Waals surface area (Å²) >= 11 is 0. The largest absolute Gasteiger partial charge is 3.00 e. The van der Waals surface area contributed by atoms with E-state index in [-0.39, 0.29) is 37.2 Å². The predicted octanol–water partition coefficient (Wildman–Crippen LogP) is 15.2. The molecule has 0 N–H and O–H groups in total. The second-order valence-corrected chi connectivity index (χ2v) is 20.7. The first kappa shape index (κ1) is 47.6. The van der Waals surface area contributed by atoms with Crippen LogP contribution in [0.5, 0.6) is 0 Å². The molecule has 4 heterocycles. The zero-order valence-electron chi connectivity index (χ0n) is 41.4. The van der Waals surface area contributed by atoms with Gasteiger partial charge in [-0.05, 0) is 124 Å². The molecule has 7 aromatic carbocycles. The average Bonchev–Trinajstić information content (AvgIpc) is 3.84. The van der Waals surface area contributed by atoms with Gasteiger partial charge in [-0.25, -0.2) is 0 Å². The second-order valence-electron chi connectivity index (χ2n) is 20.7. The molecule has 74 heavy (non-hydrogen) atoms. The first-order valence-corrected chi connectivity index (χ1v) is 25.4. The summed E-state index contributed by atoms with van der Waals surface area (Å²) in [6.07, 6.45) is 7.68. The van der Waals surface area contributed by atoms with Crippen LogP contribution in [-0.2, 0) is 29.4 Å². The normalized spacial score (nSPS) is 19.2. The number of hydrogen-bond acceptors (Lipinski definition) is 5. The van der Waals surface area contributed by atoms with Crippen LogP contribution in [0.4, 0.5) is 0 Å². The fourth-order valence-corrected chi connectivity index (χ4v) is 12.0. The van der Waals surface area contributed by atoms with Gasteiger partial charge in [0.05, 0.1) is 11.7 Å². The number of hydrogen-bond donors (Lipinski definition) is 0. The zero-order valence-corrected chi connectivity index (χ0v) is 43.8. The SMILES string of the molecule is CC1(C)C2C[C@H]1[C@H]1OB(c3cc(-c4ccccn4)[c-]cc3-c3ccccc3-c3cc(-c4ccccc4-c4c[c-]c(-c5ccccn5)cc4)cc(-c4ccccc4-c4c[c-]c(-c5ccccn5)cc4)c3)O[C@@]1(C)C2.[Ir+3]. The van der Waals surface area contributed by atoms with Crippen molar-refractivity contribution in [2.75, 3.05) is 0 Å². The minimum Gasteiger partial charge on any atom is -0.402 e. The van der Waals surface area contributed by atoms with Crippen LogP contribution in [-0.4, -0.2) is 33.8 Å². The molecular formula is C67H51BIrN3O2. The Bertz CT molecular complexity index is 3500. The summed E-state index contributed by atoms with van der Waals surface area (Å²) in [4.78, 5) is 13.9. The van der Waals surface area contributed by atoms with Gasteiger partial charge in [0, 0.05) is 18.6 Å². The molecule has 1 aliphatic heterocycles. The summed E-state index contributed by atoms with van der Waals surface area (Å²) in [5, 5.41) is 0. The standard InChI is InChI=1S/C67H51BN3O2.Ir/c1-66(2)52-42-60(66)65-67(3,43-52)73-68(72-65)61-41-48(64-24-12-15-37-71-64)33-34-59(61)58-21-9-8-20-57(58)51-39-49(55-18-6-4-16-53(55)44-25-29-46(30-26-44)62-22-10-13-35-69-62)38-50(40-51)56-19-7-5-17-54(56)45-27-31-47(32-28-45)63-23-11-14-36-70-63;/h4-29,31,34-41,52,60,65H,42-43H2,1-3H3;/q-3;+3/t52?,60-,65+,67-;/m0./s1. The molecule has 0 amide bonds. The van der Waals surface area contributed by atoms with E-state index in [1.807, 2.05) is 73.2 Å². The maximum absolute atomic E-state index is 7.20. The summed E-state index contributed by atoms with van der Waals surface area (Å²) in [6, 6.07) is 79.0. The van der Waals surface area contributed by atoms with E-state index in [1.54, 1.807) is 0 Å². The van der Waals surface area contributed by atoms with E-state index in [4.69, 9.17) is 14.3 Å². The van der Waals surface area contributed by atoms with Crippen molar-refractivity contribution in [3.63, 3.8) is 0 Å². The van der Waals surface area contributed by atoms with Crippen LogP contribution in [0.3, 0.4) is 0 Å². The molecule has 10 aromatic rings. The van der Waals surface area contributed by atoms with E-state index in [1.165, 1.54) is 6.42 Å². The molecule has 3 aromatic heterocycles. The van der Waals surface area contributed by atoms with Gasteiger partial charge in [-0.15, -0.1) is 83.4 Å². The van der Waals surface area contributed by atoms with Gasteiger partial charge in [-0.1, -0.05) is 162 Å². The van der Waals surface area contributed by atoms with Crippen LogP contribution in [0, 0.1) is 35.4 Å². The van der Waals surface area contributed by atoms with Crippen molar-refractivity contribution in [3.8, 4) is 101 Å². The Morgan fingerprint density at radius 1 is 0.459 bits per heavy atom. The summed E-state index contributed by atoms with van der Waals surface area (Å²) in [7, 11) is -0.562. The summed E-state index contributed by atoms with van der Waals surface area (Å²) in [6.45, 7) is 7.10. The van der Waals surface area contributed by atoms with Gasteiger partial charge >= 0.3 is 27.2 Å². The third kappa shape index (κ3) is 8.58. The minimum absolute atomic E-state index is 0. The number of benzene rings is 7. The Kier molecular flexibility index (Phi) is 12.5. The van der Waals surface area contributed by atoms with Crippen LogP contribution >= 0.6 is 0 Å². The van der Waals surface area contributed by atoms with Gasteiger partial charge in [0.1, 0.15) is 0 Å². The molecule has 14 rings (SSSR count). The average molecular weight is 1130 g/mol. The molecule has 2 bridgehead atoms. The Morgan fingerprint density at radius 2 is 0.892 bits per heavy atom. The molecule has 358 valence electrons. The Morgan fingerprint density at radius 3 is 1.34 bits per heavy atom. The first-order chi connectivity index (χ1) is 35.8. The van der Waals surface area contributed by atoms with E-state index in [9.17, 15) is 0 Å². The van der Waals surface area contributed by atoms with E-state index < -0.39 is 7.12 Å². The van der Waals surface area contributed by atoms with Crippen LogP contribution in [0.1, 0.15) is 33.6 Å². The minimum atomic E-state index is -0.562. The van der Waals surface area contributed by atoms with E-state index in [0.29, 0.717) is 11.8 Å². The zero-order chi connectivity index (χ0) is 49.1. The van der Waals surface area contributed by atoms with Gasteiger partial charge in [0.2, 0.25) is 0 Å². The topological polar surface area (TPSA) is 57.1 Å². The van der Waals surface area contributed by atoms with Crippen molar-refractivity contribution in [2.45, 2.75) is 45.3 Å². The van der Waals surface area contributed by atoms with Crippen LogP contribution in [0.15, 0.2) is 213 Å². The van der Waals surface area contributed by atoms with Crippen molar-refractivity contribution >= 4 is 12.6 Å². The Hall–Kier alpha value is -7.38. The molecule has 5 nitrogen and oxygen atoms in total. The third-order valence-corrected chi connectivity index (χ3v) is 16.1. The smallest absolute Gasteiger partial charge is 0.402 e. The molecule has 3 saturated carbocycles. The van der Waals surface area contributed by atoms with Crippen molar-refractivity contribution in [1.29, 1.82) is 0 Å².